The zero-order valence-electron chi connectivity index (χ0n) is 14.4. The van der Waals surface area contributed by atoms with E-state index in [2.05, 4.69) is 4.98 Å². The number of ketones is 1. The summed E-state index contributed by atoms with van der Waals surface area (Å²) in [5.74, 6) is 0.906. The van der Waals surface area contributed by atoms with Crippen LogP contribution in [0.15, 0.2) is 46.2 Å². The first-order chi connectivity index (χ1) is 12.7. The molecule has 1 amide bonds. The van der Waals surface area contributed by atoms with Crippen molar-refractivity contribution in [3.05, 3.63) is 52.5 Å². The molecule has 3 heterocycles. The van der Waals surface area contributed by atoms with Gasteiger partial charge in [-0.1, -0.05) is 18.2 Å². The highest BCUT2D eigenvalue weighted by Gasteiger charge is 2.28. The van der Waals surface area contributed by atoms with E-state index >= 15 is 0 Å². The van der Waals surface area contributed by atoms with Crippen molar-refractivity contribution < 1.29 is 14.0 Å². The maximum Gasteiger partial charge on any atom is 0.223 e. The number of carbonyl (C=O) groups is 2. The molecule has 26 heavy (non-hydrogen) atoms. The Balaban J connectivity index is 1.38. The van der Waals surface area contributed by atoms with E-state index in [-0.39, 0.29) is 30.4 Å². The summed E-state index contributed by atoms with van der Waals surface area (Å²) >= 11 is 1.42. The van der Waals surface area contributed by atoms with Crippen molar-refractivity contribution in [2.45, 2.75) is 31.6 Å². The molecule has 1 saturated heterocycles. The number of para-hydroxylation sites is 2. The van der Waals surface area contributed by atoms with Crippen LogP contribution in [0.3, 0.4) is 0 Å². The SMILES string of the molecule is O=C(CCC(=O)N1CCC[C@H](c2nc3ccccc3o2)C1)c1cccs1. The summed E-state index contributed by atoms with van der Waals surface area (Å²) in [7, 11) is 0. The molecule has 0 saturated carbocycles. The van der Waals surface area contributed by atoms with Gasteiger partial charge in [0.25, 0.3) is 0 Å². The maximum atomic E-state index is 12.5. The summed E-state index contributed by atoms with van der Waals surface area (Å²) in [6.45, 7) is 1.35. The van der Waals surface area contributed by atoms with Crippen LogP contribution in [-0.4, -0.2) is 34.7 Å². The third-order valence-corrected chi connectivity index (χ3v) is 5.71. The Morgan fingerprint density at radius 1 is 1.19 bits per heavy atom. The van der Waals surface area contributed by atoms with Gasteiger partial charge in [0.15, 0.2) is 17.3 Å². The standard InChI is InChI=1S/C20H20N2O3S/c23-16(18-8-4-12-26-18)9-10-19(24)22-11-3-5-14(13-22)20-21-15-6-1-2-7-17(15)25-20/h1-2,4,6-8,12,14H,3,5,9-11,13H2/t14-/m0/s1. The van der Waals surface area contributed by atoms with Gasteiger partial charge in [0.05, 0.1) is 10.8 Å². The minimum atomic E-state index is 0.0377. The van der Waals surface area contributed by atoms with E-state index in [1.165, 1.54) is 11.3 Å². The van der Waals surface area contributed by atoms with E-state index in [4.69, 9.17) is 4.42 Å². The van der Waals surface area contributed by atoms with Crippen molar-refractivity contribution in [3.8, 4) is 0 Å². The number of rotatable bonds is 5. The Morgan fingerprint density at radius 2 is 2.08 bits per heavy atom. The molecule has 1 aromatic carbocycles. The van der Waals surface area contributed by atoms with Gasteiger partial charge in [-0.15, -0.1) is 11.3 Å². The Hall–Kier alpha value is -2.47. The van der Waals surface area contributed by atoms with Crippen LogP contribution < -0.4 is 0 Å². The lowest BCUT2D eigenvalue weighted by Crippen LogP contribution is -2.39. The summed E-state index contributed by atoms with van der Waals surface area (Å²) in [5.41, 5.74) is 1.64. The van der Waals surface area contributed by atoms with Gasteiger partial charge in [-0.3, -0.25) is 9.59 Å². The Morgan fingerprint density at radius 3 is 2.88 bits per heavy atom. The van der Waals surface area contributed by atoms with Gasteiger partial charge in [0, 0.05) is 25.9 Å². The lowest BCUT2D eigenvalue weighted by molar-refractivity contribution is -0.132. The highest BCUT2D eigenvalue weighted by Crippen LogP contribution is 2.29. The number of hydrogen-bond acceptors (Lipinski definition) is 5. The number of amides is 1. The largest absolute Gasteiger partial charge is 0.440 e. The van der Waals surface area contributed by atoms with Crippen LogP contribution in [0.2, 0.25) is 0 Å². The number of aromatic nitrogens is 1. The molecule has 0 radical (unpaired) electrons. The predicted molar refractivity (Wildman–Crippen MR) is 100 cm³/mol. The van der Waals surface area contributed by atoms with E-state index in [9.17, 15) is 9.59 Å². The molecule has 0 aliphatic carbocycles. The van der Waals surface area contributed by atoms with E-state index < -0.39 is 0 Å². The van der Waals surface area contributed by atoms with Crippen molar-refractivity contribution in [1.82, 2.24) is 9.88 Å². The molecule has 1 aliphatic heterocycles. The molecule has 1 fully saturated rings. The first-order valence-electron chi connectivity index (χ1n) is 8.90. The summed E-state index contributed by atoms with van der Waals surface area (Å²) < 4.78 is 5.88. The third-order valence-electron chi connectivity index (χ3n) is 4.80. The highest BCUT2D eigenvalue weighted by atomic mass is 32.1. The molecule has 1 aliphatic rings. The van der Waals surface area contributed by atoms with Crippen LogP contribution >= 0.6 is 11.3 Å². The molecule has 1 atom stereocenters. The smallest absolute Gasteiger partial charge is 0.223 e. The van der Waals surface area contributed by atoms with Crippen molar-refractivity contribution in [3.63, 3.8) is 0 Å². The number of piperidine rings is 1. The zero-order chi connectivity index (χ0) is 17.9. The molecule has 2 aromatic heterocycles. The summed E-state index contributed by atoms with van der Waals surface area (Å²) in [5, 5.41) is 1.88. The maximum absolute atomic E-state index is 12.5. The zero-order valence-corrected chi connectivity index (χ0v) is 15.2. The number of thiophene rings is 1. The fraction of sp³-hybridized carbons (Fsp3) is 0.350. The van der Waals surface area contributed by atoms with Crippen LogP contribution in [0.5, 0.6) is 0 Å². The lowest BCUT2D eigenvalue weighted by atomic mass is 9.97. The first kappa shape index (κ1) is 17.0. The van der Waals surface area contributed by atoms with Crippen LogP contribution in [0.4, 0.5) is 0 Å². The topological polar surface area (TPSA) is 63.4 Å². The van der Waals surface area contributed by atoms with Gasteiger partial charge in [0.1, 0.15) is 5.52 Å². The van der Waals surface area contributed by atoms with Gasteiger partial charge in [-0.05, 0) is 36.4 Å². The van der Waals surface area contributed by atoms with E-state index in [0.29, 0.717) is 12.4 Å². The minimum absolute atomic E-state index is 0.0377. The molecule has 0 unspecified atom stereocenters. The Labute approximate surface area is 155 Å². The molecule has 5 nitrogen and oxygen atoms in total. The predicted octanol–water partition coefficient (Wildman–Crippen LogP) is 4.26. The van der Waals surface area contributed by atoms with Crippen molar-refractivity contribution in [1.29, 1.82) is 0 Å². The Bertz CT molecular complexity index is 883. The van der Waals surface area contributed by atoms with E-state index in [0.717, 1.165) is 35.4 Å². The molecule has 3 aromatic rings. The number of carbonyl (C=O) groups excluding carboxylic acids is 2. The number of benzene rings is 1. The second kappa shape index (κ2) is 7.41. The summed E-state index contributed by atoms with van der Waals surface area (Å²) in [6, 6.07) is 11.4. The van der Waals surface area contributed by atoms with Crippen molar-refractivity contribution in [2.75, 3.05) is 13.1 Å². The fourth-order valence-corrected chi connectivity index (χ4v) is 4.10. The van der Waals surface area contributed by atoms with Crippen LogP contribution in [0.25, 0.3) is 11.1 Å². The van der Waals surface area contributed by atoms with Gasteiger partial charge in [-0.25, -0.2) is 4.98 Å². The molecule has 0 N–H and O–H groups in total. The number of hydrogen-bond donors (Lipinski definition) is 0. The van der Waals surface area contributed by atoms with Gasteiger partial charge >= 0.3 is 0 Å². The lowest BCUT2D eigenvalue weighted by Gasteiger charge is -2.31. The third kappa shape index (κ3) is 3.55. The van der Waals surface area contributed by atoms with Crippen molar-refractivity contribution >= 4 is 34.1 Å². The summed E-state index contributed by atoms with van der Waals surface area (Å²) in [6.07, 6.45) is 2.42. The van der Waals surface area contributed by atoms with E-state index in [1.54, 1.807) is 0 Å². The molecule has 6 heteroatoms. The second-order valence-corrected chi connectivity index (χ2v) is 7.55. The molecular formula is C20H20N2O3S. The van der Waals surface area contributed by atoms with Gasteiger partial charge in [0.2, 0.25) is 5.91 Å². The quantitative estimate of drug-likeness (QED) is 0.631. The Kier molecular flexibility index (Phi) is 4.84. The van der Waals surface area contributed by atoms with Crippen LogP contribution in [0.1, 0.15) is 47.2 Å². The van der Waals surface area contributed by atoms with Gasteiger partial charge in [-0.2, -0.15) is 0 Å². The minimum Gasteiger partial charge on any atom is -0.440 e. The fourth-order valence-electron chi connectivity index (χ4n) is 3.41. The molecule has 134 valence electrons. The molecule has 4 rings (SSSR count). The van der Waals surface area contributed by atoms with E-state index in [1.807, 2.05) is 46.7 Å². The van der Waals surface area contributed by atoms with Gasteiger partial charge < -0.3 is 9.32 Å². The second-order valence-electron chi connectivity index (χ2n) is 6.60. The average molecular weight is 368 g/mol. The molecule has 0 bridgehead atoms. The molecular weight excluding hydrogens is 348 g/mol. The highest BCUT2D eigenvalue weighted by molar-refractivity contribution is 7.12. The number of likely N-dealkylation sites (tertiary alicyclic amines) is 1. The normalized spacial score (nSPS) is 17.5. The average Bonchev–Trinajstić information content (AvgIpc) is 3.35. The number of fused-ring (bicyclic) bond motifs is 1. The monoisotopic (exact) mass is 368 g/mol. The molecule has 0 spiro atoms. The van der Waals surface area contributed by atoms with Crippen LogP contribution in [-0.2, 0) is 4.79 Å². The number of Topliss-reactive ketones (excluding diaryl/α,β-unsaturated/α-hetero) is 1. The number of oxazole rings is 1. The van der Waals surface area contributed by atoms with Crippen LogP contribution in [0, 0.1) is 0 Å². The first-order valence-corrected chi connectivity index (χ1v) is 9.78. The van der Waals surface area contributed by atoms with Crippen molar-refractivity contribution in [2.24, 2.45) is 0 Å². The number of nitrogens with zero attached hydrogens (tertiary/aromatic N) is 2. The summed E-state index contributed by atoms with van der Waals surface area (Å²) in [4.78, 5) is 31.8.